The molecule has 0 N–H and O–H groups in total. The van der Waals surface area contributed by atoms with E-state index in [1.807, 2.05) is 0 Å². The summed E-state index contributed by atoms with van der Waals surface area (Å²) < 4.78 is 25.5. The third-order valence-electron chi connectivity index (χ3n) is 2.00. The van der Waals surface area contributed by atoms with Gasteiger partial charge >= 0.3 is 0 Å². The van der Waals surface area contributed by atoms with Gasteiger partial charge in [-0.15, -0.1) is 0 Å². The number of halogens is 2. The highest BCUT2D eigenvalue weighted by atomic mass is 19.2. The molecule has 0 spiro atoms. The average molecular weight is 154 g/mol. The van der Waals surface area contributed by atoms with Crippen molar-refractivity contribution >= 4 is 0 Å². The molecule has 2 rings (SSSR count). The van der Waals surface area contributed by atoms with E-state index in [-0.39, 0.29) is 5.92 Å². The Kier molecular flexibility index (Phi) is 1.41. The second-order valence-corrected chi connectivity index (χ2v) is 2.92. The molecule has 1 fully saturated rings. The number of benzene rings is 1. The van der Waals surface area contributed by atoms with Crippen molar-refractivity contribution in [3.63, 3.8) is 0 Å². The van der Waals surface area contributed by atoms with E-state index in [1.54, 1.807) is 12.1 Å². The first-order valence-electron chi connectivity index (χ1n) is 3.73. The van der Waals surface area contributed by atoms with E-state index in [0.29, 0.717) is 5.56 Å². The van der Waals surface area contributed by atoms with Gasteiger partial charge in [0.2, 0.25) is 0 Å². The Bertz CT molecular complexity index is 277. The molecular formula is C9H8F2. The third-order valence-corrected chi connectivity index (χ3v) is 2.00. The summed E-state index contributed by atoms with van der Waals surface area (Å²) in [4.78, 5) is 0. The van der Waals surface area contributed by atoms with Crippen molar-refractivity contribution in [3.8, 4) is 0 Å². The second-order valence-electron chi connectivity index (χ2n) is 2.92. The predicted molar refractivity (Wildman–Crippen MR) is 38.3 cm³/mol. The van der Waals surface area contributed by atoms with Gasteiger partial charge in [-0.25, -0.2) is 8.78 Å². The normalized spacial score (nSPS) is 16.9. The van der Waals surface area contributed by atoms with Gasteiger partial charge in [-0.3, -0.25) is 0 Å². The second kappa shape index (κ2) is 2.29. The summed E-state index contributed by atoms with van der Waals surface area (Å²) in [5, 5.41) is 0. The van der Waals surface area contributed by atoms with Gasteiger partial charge in [0.1, 0.15) is 0 Å². The summed E-state index contributed by atoms with van der Waals surface area (Å²) in [6, 6.07) is 4.38. The quantitative estimate of drug-likeness (QED) is 0.583. The smallest absolute Gasteiger partial charge is 0.162 e. The molecule has 0 aromatic heterocycles. The first-order valence-corrected chi connectivity index (χ1v) is 3.73. The van der Waals surface area contributed by atoms with Gasteiger partial charge in [0.05, 0.1) is 0 Å². The molecule has 0 heterocycles. The Hall–Kier alpha value is -0.920. The van der Waals surface area contributed by atoms with Crippen LogP contribution in [-0.4, -0.2) is 0 Å². The van der Waals surface area contributed by atoms with Crippen molar-refractivity contribution in [2.75, 3.05) is 0 Å². The van der Waals surface area contributed by atoms with E-state index < -0.39 is 11.6 Å². The van der Waals surface area contributed by atoms with Crippen molar-refractivity contribution in [2.45, 2.75) is 18.8 Å². The Morgan fingerprint density at radius 1 is 1.18 bits per heavy atom. The molecule has 1 aliphatic carbocycles. The third kappa shape index (κ3) is 1.13. The maximum Gasteiger partial charge on any atom is 0.162 e. The zero-order chi connectivity index (χ0) is 7.84. The first-order chi connectivity index (χ1) is 5.29. The van der Waals surface area contributed by atoms with Gasteiger partial charge in [-0.2, -0.15) is 0 Å². The van der Waals surface area contributed by atoms with Crippen LogP contribution in [0.5, 0.6) is 0 Å². The molecule has 58 valence electrons. The van der Waals surface area contributed by atoms with Crippen LogP contribution in [0.2, 0.25) is 0 Å². The minimum atomic E-state index is -0.727. The molecule has 0 aliphatic heterocycles. The molecule has 11 heavy (non-hydrogen) atoms. The zero-order valence-electron chi connectivity index (χ0n) is 5.98. The lowest BCUT2D eigenvalue weighted by molar-refractivity contribution is 0.499. The number of rotatable bonds is 1. The van der Waals surface area contributed by atoms with E-state index in [9.17, 15) is 8.78 Å². The summed E-state index contributed by atoms with van der Waals surface area (Å²) in [7, 11) is 0. The largest absolute Gasteiger partial charge is 0.204 e. The van der Waals surface area contributed by atoms with E-state index in [1.165, 1.54) is 0 Å². The summed E-state index contributed by atoms with van der Waals surface area (Å²) in [5.74, 6) is -1.10. The molecule has 0 amide bonds. The molecule has 0 unspecified atom stereocenters. The molecule has 0 bridgehead atoms. The van der Waals surface area contributed by atoms with Crippen LogP contribution in [-0.2, 0) is 0 Å². The molecule has 0 radical (unpaired) electrons. The van der Waals surface area contributed by atoms with Crippen LogP contribution in [0.4, 0.5) is 8.78 Å². The van der Waals surface area contributed by atoms with E-state index in [0.717, 1.165) is 18.9 Å². The molecule has 1 aromatic rings. The topological polar surface area (TPSA) is 0 Å². The van der Waals surface area contributed by atoms with Crippen molar-refractivity contribution < 1.29 is 8.78 Å². The molecule has 0 atom stereocenters. The maximum atomic E-state index is 12.9. The lowest BCUT2D eigenvalue weighted by Gasteiger charge is -1.99. The number of hydrogen-bond acceptors (Lipinski definition) is 0. The lowest BCUT2D eigenvalue weighted by atomic mass is 10.1. The van der Waals surface area contributed by atoms with Crippen molar-refractivity contribution in [2.24, 2.45) is 0 Å². The Morgan fingerprint density at radius 2 is 1.91 bits per heavy atom. The monoisotopic (exact) mass is 154 g/mol. The number of hydrogen-bond donors (Lipinski definition) is 0. The fourth-order valence-electron chi connectivity index (χ4n) is 1.23. The van der Waals surface area contributed by atoms with Crippen LogP contribution in [0.1, 0.15) is 24.3 Å². The standard InChI is InChI=1S/C9H8F2/c10-8-3-1-2-7(9(8)11)6-4-5-6/h1-3,6H,4-5H2. The van der Waals surface area contributed by atoms with Crippen LogP contribution < -0.4 is 0 Å². The van der Waals surface area contributed by atoms with E-state index in [4.69, 9.17) is 0 Å². The fourth-order valence-corrected chi connectivity index (χ4v) is 1.23. The Morgan fingerprint density at radius 3 is 2.55 bits per heavy atom. The van der Waals surface area contributed by atoms with Crippen LogP contribution in [0.15, 0.2) is 18.2 Å². The molecule has 0 nitrogen and oxygen atoms in total. The van der Waals surface area contributed by atoms with Gasteiger partial charge in [0, 0.05) is 0 Å². The van der Waals surface area contributed by atoms with Gasteiger partial charge in [0.25, 0.3) is 0 Å². The van der Waals surface area contributed by atoms with Gasteiger partial charge < -0.3 is 0 Å². The van der Waals surface area contributed by atoms with Gasteiger partial charge in [-0.1, -0.05) is 12.1 Å². The summed E-state index contributed by atoms with van der Waals surface area (Å²) in [5.41, 5.74) is 0.546. The van der Waals surface area contributed by atoms with Crippen LogP contribution in [0, 0.1) is 11.6 Å². The Balaban J connectivity index is 2.45. The fraction of sp³-hybridized carbons (Fsp3) is 0.333. The predicted octanol–water partition coefficient (Wildman–Crippen LogP) is 2.84. The highest BCUT2D eigenvalue weighted by Gasteiger charge is 2.27. The van der Waals surface area contributed by atoms with Crippen LogP contribution in [0.25, 0.3) is 0 Å². The van der Waals surface area contributed by atoms with Crippen molar-refractivity contribution in [1.82, 2.24) is 0 Å². The maximum absolute atomic E-state index is 12.9. The Labute approximate surface area is 63.9 Å². The minimum absolute atomic E-state index is 0.283. The SMILES string of the molecule is Fc1cccc(C2CC2)c1F. The van der Waals surface area contributed by atoms with Crippen LogP contribution in [0.3, 0.4) is 0 Å². The highest BCUT2D eigenvalue weighted by Crippen LogP contribution is 2.41. The molecule has 2 heteroatoms. The summed E-state index contributed by atoms with van der Waals surface area (Å²) in [6.07, 6.45) is 2.00. The molecule has 1 aromatic carbocycles. The lowest BCUT2D eigenvalue weighted by Crippen LogP contribution is -1.90. The van der Waals surface area contributed by atoms with E-state index >= 15 is 0 Å². The van der Waals surface area contributed by atoms with Gasteiger partial charge in [-0.05, 0) is 30.4 Å². The molecule has 0 saturated heterocycles. The minimum Gasteiger partial charge on any atom is -0.204 e. The summed E-state index contributed by atoms with van der Waals surface area (Å²) >= 11 is 0. The van der Waals surface area contributed by atoms with E-state index in [2.05, 4.69) is 0 Å². The van der Waals surface area contributed by atoms with Crippen molar-refractivity contribution in [1.29, 1.82) is 0 Å². The van der Waals surface area contributed by atoms with Crippen molar-refractivity contribution in [3.05, 3.63) is 35.4 Å². The van der Waals surface area contributed by atoms with Crippen LogP contribution >= 0.6 is 0 Å². The highest BCUT2D eigenvalue weighted by molar-refractivity contribution is 5.26. The average Bonchev–Trinajstić information content (AvgIpc) is 2.77. The summed E-state index contributed by atoms with van der Waals surface area (Å²) in [6.45, 7) is 0. The molecular weight excluding hydrogens is 146 g/mol. The van der Waals surface area contributed by atoms with Gasteiger partial charge in [0.15, 0.2) is 11.6 Å². The molecule has 1 aliphatic rings. The molecule has 1 saturated carbocycles. The first kappa shape index (κ1) is 6.77. The zero-order valence-corrected chi connectivity index (χ0v) is 5.98.